The minimum atomic E-state index is -2.80. The number of aliphatic hydroxyl groups is 1. The second-order valence-corrected chi connectivity index (χ2v) is 12.5. The second kappa shape index (κ2) is 9.70. The summed E-state index contributed by atoms with van der Waals surface area (Å²) in [6.07, 6.45) is 0.844. The van der Waals surface area contributed by atoms with Gasteiger partial charge in [0.05, 0.1) is 23.2 Å². The third kappa shape index (κ3) is 4.19. The van der Waals surface area contributed by atoms with Gasteiger partial charge in [0.1, 0.15) is 11.4 Å². The van der Waals surface area contributed by atoms with Crippen LogP contribution in [-0.2, 0) is 30.3 Å². The summed E-state index contributed by atoms with van der Waals surface area (Å²) in [4.78, 5) is 81.1. The first-order valence-corrected chi connectivity index (χ1v) is 13.6. The van der Waals surface area contributed by atoms with E-state index in [4.69, 9.17) is 10.5 Å². The van der Waals surface area contributed by atoms with Crippen LogP contribution in [0.15, 0.2) is 30.5 Å². The fraction of sp³-hybridized carbons (Fsp3) is 0.467. The summed E-state index contributed by atoms with van der Waals surface area (Å²) in [6.45, 7) is 5.18. The molecule has 3 unspecified atom stereocenters. The number of amides is 1. The molecule has 4 N–H and O–H groups in total. The van der Waals surface area contributed by atoms with Gasteiger partial charge >= 0.3 is 6.09 Å². The molecule has 2 fully saturated rings. The van der Waals surface area contributed by atoms with Crippen LogP contribution in [-0.4, -0.2) is 86.2 Å². The number of phenolic OH excluding ortho intramolecular Hbond substituents is 1. The first kappa shape index (κ1) is 29.3. The minimum absolute atomic E-state index is 0.0646. The van der Waals surface area contributed by atoms with Gasteiger partial charge in [-0.15, -0.1) is 0 Å². The number of carbonyl (C=O) groups is 6. The summed E-state index contributed by atoms with van der Waals surface area (Å²) in [5.74, 6) is -11.3. The molecule has 1 amide bonds. The van der Waals surface area contributed by atoms with Crippen LogP contribution in [0, 0.1) is 23.7 Å². The van der Waals surface area contributed by atoms with Crippen LogP contribution in [0.5, 0.6) is 5.75 Å². The summed E-state index contributed by atoms with van der Waals surface area (Å²) in [5.41, 5.74) is 2.85. The molecule has 0 saturated heterocycles. The summed E-state index contributed by atoms with van der Waals surface area (Å²) >= 11 is 0. The molecule has 0 aliphatic heterocycles. The van der Waals surface area contributed by atoms with E-state index in [1.165, 1.54) is 35.8 Å². The van der Waals surface area contributed by atoms with Crippen LogP contribution in [0.2, 0.25) is 0 Å². The molecule has 2 saturated carbocycles. The molecular weight excluding hydrogens is 546 g/mol. The molecule has 1 heterocycles. The smallest absolute Gasteiger partial charge is 0.418 e. The molecule has 5 rings (SSSR count). The number of likely N-dealkylation sites (N-methyl/N-ethyl adjacent to an activating group) is 1. The number of nitrogens with two attached hydrogens (primary N) is 1. The van der Waals surface area contributed by atoms with Crippen LogP contribution in [0.25, 0.3) is 11.3 Å². The predicted molar refractivity (Wildman–Crippen MR) is 146 cm³/mol. The summed E-state index contributed by atoms with van der Waals surface area (Å²) < 4.78 is 6.80. The van der Waals surface area contributed by atoms with E-state index < -0.39 is 81.8 Å². The zero-order valence-electron chi connectivity index (χ0n) is 23.9. The van der Waals surface area contributed by atoms with Gasteiger partial charge in [-0.2, -0.15) is 0 Å². The van der Waals surface area contributed by atoms with Gasteiger partial charge in [-0.05, 0) is 83.5 Å². The topological polar surface area (TPSA) is 186 Å². The van der Waals surface area contributed by atoms with E-state index in [9.17, 15) is 39.0 Å². The van der Waals surface area contributed by atoms with Crippen molar-refractivity contribution in [3.63, 3.8) is 0 Å². The maximum absolute atomic E-state index is 14.0. The Hall–Kier alpha value is -4.16. The number of primary amides is 1. The van der Waals surface area contributed by atoms with Crippen molar-refractivity contribution in [2.24, 2.45) is 29.4 Å². The summed E-state index contributed by atoms with van der Waals surface area (Å²) in [5, 5.41) is 22.5. The molecule has 12 nitrogen and oxygen atoms in total. The lowest BCUT2D eigenvalue weighted by atomic mass is 9.52. The van der Waals surface area contributed by atoms with Crippen molar-refractivity contribution in [2.45, 2.75) is 50.9 Å². The van der Waals surface area contributed by atoms with Crippen LogP contribution in [0.3, 0.4) is 0 Å². The fourth-order valence-corrected chi connectivity index (χ4v) is 6.92. The number of rotatable bonds is 3. The number of fused-ring (bicyclic) bond motifs is 3. The largest absolute Gasteiger partial charge is 0.507 e. The second-order valence-electron chi connectivity index (χ2n) is 12.5. The highest BCUT2D eigenvalue weighted by Gasteiger charge is 2.69. The zero-order valence-corrected chi connectivity index (χ0v) is 23.9. The Bertz CT molecular complexity index is 1570. The van der Waals surface area contributed by atoms with Gasteiger partial charge in [0.25, 0.3) is 0 Å². The van der Waals surface area contributed by atoms with Gasteiger partial charge in [0.15, 0.2) is 34.7 Å². The first-order chi connectivity index (χ1) is 19.5. The van der Waals surface area contributed by atoms with Crippen LogP contribution >= 0.6 is 0 Å². The van der Waals surface area contributed by atoms with Gasteiger partial charge in [-0.3, -0.25) is 33.4 Å². The predicted octanol–water partition coefficient (Wildman–Crippen LogP) is 1.12. The monoisotopic (exact) mass is 579 g/mol. The lowest BCUT2D eigenvalue weighted by molar-refractivity contribution is -0.181. The lowest BCUT2D eigenvalue weighted by Gasteiger charge is -2.52. The van der Waals surface area contributed by atoms with Crippen molar-refractivity contribution in [3.8, 4) is 17.0 Å². The molecule has 1 aromatic heterocycles. The number of ether oxygens (including phenoxy) is 1. The quantitative estimate of drug-likeness (QED) is 0.445. The Balaban J connectivity index is 1.63. The van der Waals surface area contributed by atoms with Gasteiger partial charge in [-0.25, -0.2) is 4.79 Å². The Morgan fingerprint density at radius 3 is 2.36 bits per heavy atom. The molecule has 0 spiro atoms. The molecule has 42 heavy (non-hydrogen) atoms. The molecule has 6 atom stereocenters. The SMILES string of the molecule is CN(C)C1C(=O)C(C(N)=O)C(=O)[C@]2(O)C(=O)C3C(=O)c4c(O)ccc(-c5cccn5C(=O)OC(C)(C)C)c4C[C@@H]3C[C@H]12. The highest BCUT2D eigenvalue weighted by atomic mass is 16.6. The maximum atomic E-state index is 14.0. The van der Waals surface area contributed by atoms with Crippen LogP contribution in [0.1, 0.15) is 43.1 Å². The number of benzene rings is 1. The maximum Gasteiger partial charge on any atom is 0.418 e. The number of phenols is 1. The molecule has 2 aromatic rings. The standard InChI is InChI=1S/C30H33N3O9/c1-29(2,3)42-28(40)33-10-6-7-17(33)14-8-9-18(34)20-15(14)11-13-12-16-22(32(4)5)24(36)21(27(31)39)26(38)30(16,41)25(37)19(13)23(20)35/h6-10,13,16,19,21-22,34,41H,11-12H2,1-5H3,(H2,31,39)/t13-,16-,19?,21?,22?,30-/m1/s1. The first-order valence-electron chi connectivity index (χ1n) is 13.6. The number of aromatic nitrogens is 1. The number of hydrogen-bond donors (Lipinski definition) is 3. The lowest BCUT2D eigenvalue weighted by Crippen LogP contribution is -2.74. The zero-order chi connectivity index (χ0) is 31.0. The number of hydrogen-bond acceptors (Lipinski definition) is 10. The third-order valence-corrected chi connectivity index (χ3v) is 8.56. The van der Waals surface area contributed by atoms with E-state index in [0.717, 1.165) is 0 Å². The molecule has 0 radical (unpaired) electrons. The normalized spacial score (nSPS) is 29.2. The van der Waals surface area contributed by atoms with Crippen molar-refractivity contribution < 1.29 is 43.7 Å². The van der Waals surface area contributed by atoms with Crippen molar-refractivity contribution in [1.82, 2.24) is 9.47 Å². The highest BCUT2D eigenvalue weighted by molar-refractivity contribution is 6.32. The Morgan fingerprint density at radius 2 is 1.76 bits per heavy atom. The van der Waals surface area contributed by atoms with Crippen molar-refractivity contribution in [2.75, 3.05) is 14.1 Å². The van der Waals surface area contributed by atoms with E-state index in [-0.39, 0.29) is 18.4 Å². The number of Topliss-reactive ketones (excluding diaryl/α,β-unsaturated/α-hetero) is 4. The molecule has 12 heteroatoms. The minimum Gasteiger partial charge on any atom is -0.507 e. The molecular formula is C30H33N3O9. The van der Waals surface area contributed by atoms with Crippen molar-refractivity contribution in [3.05, 3.63) is 41.6 Å². The van der Waals surface area contributed by atoms with Crippen LogP contribution < -0.4 is 5.73 Å². The van der Waals surface area contributed by atoms with Gasteiger partial charge in [0.2, 0.25) is 5.91 Å². The fourth-order valence-electron chi connectivity index (χ4n) is 6.92. The van der Waals surface area contributed by atoms with Gasteiger partial charge < -0.3 is 20.7 Å². The number of carbonyl (C=O) groups excluding carboxylic acids is 6. The average molecular weight is 580 g/mol. The van der Waals surface area contributed by atoms with E-state index in [1.807, 2.05) is 0 Å². The van der Waals surface area contributed by atoms with E-state index in [0.29, 0.717) is 16.8 Å². The van der Waals surface area contributed by atoms with E-state index in [1.54, 1.807) is 39.0 Å². The number of nitrogens with zero attached hydrogens (tertiary/aromatic N) is 2. The summed E-state index contributed by atoms with van der Waals surface area (Å²) in [6, 6.07) is 4.93. The third-order valence-electron chi connectivity index (χ3n) is 8.56. The molecule has 1 aromatic carbocycles. The molecule has 3 aliphatic carbocycles. The Kier molecular flexibility index (Phi) is 6.78. The Morgan fingerprint density at radius 1 is 1.10 bits per heavy atom. The van der Waals surface area contributed by atoms with Crippen LogP contribution in [0.4, 0.5) is 4.79 Å². The highest BCUT2D eigenvalue weighted by Crippen LogP contribution is 2.51. The van der Waals surface area contributed by atoms with E-state index >= 15 is 0 Å². The van der Waals surface area contributed by atoms with Crippen molar-refractivity contribution >= 4 is 35.1 Å². The average Bonchev–Trinajstić information content (AvgIpc) is 3.35. The number of aromatic hydroxyl groups is 1. The number of ketones is 4. The summed E-state index contributed by atoms with van der Waals surface area (Å²) in [7, 11) is 3.05. The van der Waals surface area contributed by atoms with Gasteiger partial charge in [0, 0.05) is 17.7 Å². The van der Waals surface area contributed by atoms with Crippen molar-refractivity contribution in [1.29, 1.82) is 0 Å². The van der Waals surface area contributed by atoms with Gasteiger partial charge in [-0.1, -0.05) is 0 Å². The van der Waals surface area contributed by atoms with E-state index in [2.05, 4.69) is 0 Å². The molecule has 222 valence electrons. The molecule has 3 aliphatic rings. The molecule has 0 bridgehead atoms. The Labute approximate surface area is 241 Å².